The first-order valence-corrected chi connectivity index (χ1v) is 7.21. The Morgan fingerprint density at radius 1 is 1.29 bits per heavy atom. The third-order valence-corrected chi connectivity index (χ3v) is 4.95. The standard InChI is InChI=1S/C14H18O2S/c1-5-7-12(4)13-8-6-9-14(10-13)17(15,16)11(2)3/h1,6,8-12H,7H2,2-4H3. The highest BCUT2D eigenvalue weighted by Crippen LogP contribution is 2.23. The fourth-order valence-corrected chi connectivity index (χ4v) is 2.68. The molecule has 0 amide bonds. The van der Waals surface area contributed by atoms with Crippen molar-refractivity contribution in [2.24, 2.45) is 0 Å². The summed E-state index contributed by atoms with van der Waals surface area (Å²) in [4.78, 5) is 0.383. The molecule has 1 atom stereocenters. The molecule has 3 heteroatoms. The van der Waals surface area contributed by atoms with E-state index in [-0.39, 0.29) is 5.92 Å². The fraction of sp³-hybridized carbons (Fsp3) is 0.429. The maximum atomic E-state index is 12.0. The molecule has 0 fully saturated rings. The molecule has 0 spiro atoms. The SMILES string of the molecule is C#CCC(C)c1cccc(S(=O)(=O)C(C)C)c1. The molecule has 0 saturated carbocycles. The predicted molar refractivity (Wildman–Crippen MR) is 70.6 cm³/mol. The van der Waals surface area contributed by atoms with Crippen molar-refractivity contribution in [3.05, 3.63) is 29.8 Å². The van der Waals surface area contributed by atoms with Crippen molar-refractivity contribution in [2.45, 2.75) is 43.3 Å². The second kappa shape index (κ2) is 5.37. The molecule has 0 radical (unpaired) electrons. The maximum Gasteiger partial charge on any atom is 0.180 e. The van der Waals surface area contributed by atoms with Gasteiger partial charge in [0.25, 0.3) is 0 Å². The molecule has 0 heterocycles. The van der Waals surface area contributed by atoms with Gasteiger partial charge in [-0.2, -0.15) is 0 Å². The minimum Gasteiger partial charge on any atom is -0.223 e. The Kier molecular flexibility index (Phi) is 4.36. The van der Waals surface area contributed by atoms with E-state index in [9.17, 15) is 8.42 Å². The number of hydrogen-bond donors (Lipinski definition) is 0. The van der Waals surface area contributed by atoms with Crippen LogP contribution in [0.1, 0.15) is 38.7 Å². The van der Waals surface area contributed by atoms with Crippen LogP contribution < -0.4 is 0 Å². The summed E-state index contributed by atoms with van der Waals surface area (Å²) in [5.41, 5.74) is 0.977. The van der Waals surface area contributed by atoms with Gasteiger partial charge in [0, 0.05) is 6.42 Å². The summed E-state index contributed by atoms with van der Waals surface area (Å²) >= 11 is 0. The highest BCUT2D eigenvalue weighted by Gasteiger charge is 2.19. The summed E-state index contributed by atoms with van der Waals surface area (Å²) in [5.74, 6) is 2.78. The van der Waals surface area contributed by atoms with Crippen LogP contribution in [0.25, 0.3) is 0 Å². The summed E-state index contributed by atoms with van der Waals surface area (Å²) < 4.78 is 24.0. The van der Waals surface area contributed by atoms with Gasteiger partial charge in [0.2, 0.25) is 0 Å². The Morgan fingerprint density at radius 2 is 1.94 bits per heavy atom. The monoisotopic (exact) mass is 250 g/mol. The van der Waals surface area contributed by atoms with Gasteiger partial charge in [-0.15, -0.1) is 12.3 Å². The van der Waals surface area contributed by atoms with Crippen molar-refractivity contribution < 1.29 is 8.42 Å². The molecule has 1 rings (SSSR count). The minimum atomic E-state index is -3.20. The minimum absolute atomic E-state index is 0.183. The van der Waals surface area contributed by atoms with Crippen molar-refractivity contribution in [2.75, 3.05) is 0 Å². The highest BCUT2D eigenvalue weighted by atomic mass is 32.2. The molecule has 0 aliphatic rings. The zero-order valence-electron chi connectivity index (χ0n) is 10.5. The van der Waals surface area contributed by atoms with Crippen LogP contribution in [0, 0.1) is 12.3 Å². The third kappa shape index (κ3) is 3.10. The average Bonchev–Trinajstić information content (AvgIpc) is 2.29. The first-order chi connectivity index (χ1) is 7.89. The summed E-state index contributed by atoms with van der Waals surface area (Å²) in [6.45, 7) is 5.38. The molecule has 0 aromatic heterocycles. The Balaban J connectivity index is 3.15. The van der Waals surface area contributed by atoms with Gasteiger partial charge in [0.1, 0.15) is 0 Å². The number of hydrogen-bond acceptors (Lipinski definition) is 2. The molecule has 1 aromatic carbocycles. The van der Waals surface area contributed by atoms with Crippen LogP contribution in [0.4, 0.5) is 0 Å². The number of benzene rings is 1. The van der Waals surface area contributed by atoms with Crippen LogP contribution in [0.3, 0.4) is 0 Å². The van der Waals surface area contributed by atoms with E-state index in [0.717, 1.165) is 5.56 Å². The van der Waals surface area contributed by atoms with E-state index in [1.54, 1.807) is 32.0 Å². The largest absolute Gasteiger partial charge is 0.223 e. The van der Waals surface area contributed by atoms with Crippen molar-refractivity contribution in [3.63, 3.8) is 0 Å². The smallest absolute Gasteiger partial charge is 0.180 e. The summed E-state index contributed by atoms with van der Waals surface area (Å²) in [6, 6.07) is 7.07. The van der Waals surface area contributed by atoms with E-state index in [1.807, 2.05) is 13.0 Å². The van der Waals surface area contributed by atoms with E-state index in [1.165, 1.54) is 0 Å². The molecular formula is C14H18O2S. The Hall–Kier alpha value is -1.27. The van der Waals surface area contributed by atoms with Crippen molar-refractivity contribution in [1.29, 1.82) is 0 Å². The Labute approximate surface area is 104 Å². The van der Waals surface area contributed by atoms with Crippen LogP contribution in [0.2, 0.25) is 0 Å². The molecule has 17 heavy (non-hydrogen) atoms. The van der Waals surface area contributed by atoms with E-state index < -0.39 is 15.1 Å². The Morgan fingerprint density at radius 3 is 2.47 bits per heavy atom. The van der Waals surface area contributed by atoms with E-state index in [4.69, 9.17) is 6.42 Å². The van der Waals surface area contributed by atoms with Gasteiger partial charge in [0.05, 0.1) is 10.1 Å². The number of terminal acetylenes is 1. The second-order valence-electron chi connectivity index (χ2n) is 4.48. The molecule has 0 N–H and O–H groups in total. The van der Waals surface area contributed by atoms with Crippen molar-refractivity contribution >= 4 is 9.84 Å². The summed E-state index contributed by atoms with van der Waals surface area (Å²) in [7, 11) is -3.20. The molecular weight excluding hydrogens is 232 g/mol. The molecule has 0 saturated heterocycles. The van der Waals surface area contributed by atoms with Crippen LogP contribution in [0.5, 0.6) is 0 Å². The fourth-order valence-electron chi connectivity index (χ4n) is 1.56. The zero-order chi connectivity index (χ0) is 13.1. The van der Waals surface area contributed by atoms with Gasteiger partial charge in [-0.3, -0.25) is 0 Å². The lowest BCUT2D eigenvalue weighted by atomic mass is 9.98. The first-order valence-electron chi connectivity index (χ1n) is 5.67. The molecule has 0 bridgehead atoms. The van der Waals surface area contributed by atoms with Crippen LogP contribution in [-0.4, -0.2) is 13.7 Å². The molecule has 0 aliphatic carbocycles. The number of sulfone groups is 1. The van der Waals surface area contributed by atoms with Gasteiger partial charge in [0.15, 0.2) is 9.84 Å². The van der Waals surface area contributed by atoms with Crippen molar-refractivity contribution in [1.82, 2.24) is 0 Å². The normalized spacial score (nSPS) is 13.4. The summed E-state index contributed by atoms with van der Waals surface area (Å²) in [6.07, 6.45) is 5.89. The van der Waals surface area contributed by atoms with Gasteiger partial charge in [-0.05, 0) is 37.5 Å². The first kappa shape index (κ1) is 13.8. The lowest BCUT2D eigenvalue weighted by Gasteiger charge is -2.12. The molecule has 2 nitrogen and oxygen atoms in total. The lowest BCUT2D eigenvalue weighted by Crippen LogP contribution is -2.14. The van der Waals surface area contributed by atoms with Crippen LogP contribution >= 0.6 is 0 Å². The van der Waals surface area contributed by atoms with Crippen LogP contribution in [-0.2, 0) is 9.84 Å². The quantitative estimate of drug-likeness (QED) is 0.770. The van der Waals surface area contributed by atoms with Gasteiger partial charge < -0.3 is 0 Å². The van der Waals surface area contributed by atoms with Gasteiger partial charge >= 0.3 is 0 Å². The van der Waals surface area contributed by atoms with Crippen LogP contribution in [0.15, 0.2) is 29.2 Å². The van der Waals surface area contributed by atoms with E-state index in [2.05, 4.69) is 5.92 Å². The van der Waals surface area contributed by atoms with E-state index in [0.29, 0.717) is 11.3 Å². The molecule has 1 unspecified atom stereocenters. The average molecular weight is 250 g/mol. The van der Waals surface area contributed by atoms with E-state index >= 15 is 0 Å². The highest BCUT2D eigenvalue weighted by molar-refractivity contribution is 7.92. The third-order valence-electron chi connectivity index (χ3n) is 2.80. The molecule has 92 valence electrons. The lowest BCUT2D eigenvalue weighted by molar-refractivity contribution is 0.587. The number of rotatable bonds is 4. The topological polar surface area (TPSA) is 34.1 Å². The second-order valence-corrected chi connectivity index (χ2v) is 6.98. The molecule has 0 aliphatic heterocycles. The molecule has 1 aromatic rings. The Bertz CT molecular complexity index is 521. The van der Waals surface area contributed by atoms with Gasteiger partial charge in [-0.1, -0.05) is 19.1 Å². The summed E-state index contributed by atoms with van der Waals surface area (Å²) in [5, 5.41) is -0.402. The van der Waals surface area contributed by atoms with Crippen molar-refractivity contribution in [3.8, 4) is 12.3 Å². The van der Waals surface area contributed by atoms with Gasteiger partial charge in [-0.25, -0.2) is 8.42 Å². The maximum absolute atomic E-state index is 12.0. The zero-order valence-corrected chi connectivity index (χ0v) is 11.3. The predicted octanol–water partition coefficient (Wildman–Crippen LogP) is 3.00.